The van der Waals surface area contributed by atoms with Gasteiger partial charge in [-0.25, -0.2) is 9.69 Å². The SMILES string of the molecule is CC(C)(C)OC(=O)CN(C=O)C(=O)OC1(C)CCc2cc(Br)ccc21. The van der Waals surface area contributed by atoms with Gasteiger partial charge in [0.1, 0.15) is 17.7 Å². The minimum absolute atomic E-state index is 0.285. The van der Waals surface area contributed by atoms with Crippen molar-refractivity contribution in [2.24, 2.45) is 0 Å². The number of halogens is 1. The van der Waals surface area contributed by atoms with Crippen LogP contribution >= 0.6 is 15.9 Å². The van der Waals surface area contributed by atoms with Gasteiger partial charge in [0.15, 0.2) is 0 Å². The average molecular weight is 412 g/mol. The highest BCUT2D eigenvalue weighted by Gasteiger charge is 2.39. The maximum Gasteiger partial charge on any atom is 0.417 e. The number of imide groups is 1. The van der Waals surface area contributed by atoms with Gasteiger partial charge in [-0.3, -0.25) is 9.59 Å². The van der Waals surface area contributed by atoms with Gasteiger partial charge in [0, 0.05) is 4.47 Å². The Hall–Kier alpha value is -1.89. The monoisotopic (exact) mass is 411 g/mol. The molecule has 2 amide bonds. The largest absolute Gasteiger partial charge is 0.459 e. The smallest absolute Gasteiger partial charge is 0.417 e. The molecule has 1 aliphatic carbocycles. The van der Waals surface area contributed by atoms with Crippen LogP contribution in [0.25, 0.3) is 0 Å². The zero-order valence-corrected chi connectivity index (χ0v) is 16.4. The van der Waals surface area contributed by atoms with Crippen LogP contribution in [0.15, 0.2) is 22.7 Å². The Balaban J connectivity index is 2.08. The number of ether oxygens (including phenoxy) is 2. The van der Waals surface area contributed by atoms with Crippen molar-refractivity contribution in [3.8, 4) is 0 Å². The first-order valence-electron chi connectivity index (χ1n) is 8.00. The fourth-order valence-corrected chi connectivity index (χ4v) is 3.22. The fourth-order valence-electron chi connectivity index (χ4n) is 2.81. The van der Waals surface area contributed by atoms with Gasteiger partial charge < -0.3 is 9.47 Å². The summed E-state index contributed by atoms with van der Waals surface area (Å²) in [5.41, 5.74) is 0.475. The summed E-state index contributed by atoms with van der Waals surface area (Å²) < 4.78 is 11.7. The van der Waals surface area contributed by atoms with Crippen LogP contribution in [0.5, 0.6) is 0 Å². The van der Waals surface area contributed by atoms with Gasteiger partial charge in [0.05, 0.1) is 0 Å². The molecular weight excluding hydrogens is 390 g/mol. The zero-order chi connectivity index (χ0) is 18.8. The lowest BCUT2D eigenvalue weighted by atomic mass is 9.98. The van der Waals surface area contributed by atoms with E-state index in [1.165, 1.54) is 0 Å². The van der Waals surface area contributed by atoms with Crippen LogP contribution in [-0.2, 0) is 31.1 Å². The Bertz CT molecular complexity index is 697. The Labute approximate surface area is 155 Å². The van der Waals surface area contributed by atoms with Gasteiger partial charge >= 0.3 is 12.1 Å². The second-order valence-electron chi connectivity index (χ2n) is 7.22. The first-order valence-corrected chi connectivity index (χ1v) is 8.79. The number of aryl methyl sites for hydroxylation is 1. The number of carbonyl (C=O) groups is 3. The van der Waals surface area contributed by atoms with E-state index < -0.39 is 29.8 Å². The van der Waals surface area contributed by atoms with Gasteiger partial charge in [0.2, 0.25) is 6.41 Å². The molecule has 25 heavy (non-hydrogen) atoms. The quantitative estimate of drug-likeness (QED) is 0.559. The second-order valence-corrected chi connectivity index (χ2v) is 8.14. The summed E-state index contributed by atoms with van der Waals surface area (Å²) in [5, 5.41) is 0. The molecular formula is C18H22BrNO5. The van der Waals surface area contributed by atoms with E-state index in [1.54, 1.807) is 27.7 Å². The predicted molar refractivity (Wildman–Crippen MR) is 94.9 cm³/mol. The van der Waals surface area contributed by atoms with Gasteiger partial charge in [-0.1, -0.05) is 22.0 Å². The van der Waals surface area contributed by atoms with E-state index in [4.69, 9.17) is 9.47 Å². The molecule has 0 radical (unpaired) electrons. The Kier molecular flexibility index (Phi) is 5.56. The Morgan fingerprint density at radius 3 is 2.64 bits per heavy atom. The molecule has 0 aliphatic heterocycles. The highest BCUT2D eigenvalue weighted by atomic mass is 79.9. The van der Waals surface area contributed by atoms with Crippen LogP contribution in [0.1, 0.15) is 45.2 Å². The first kappa shape index (κ1) is 19.4. The van der Waals surface area contributed by atoms with Crippen molar-refractivity contribution in [3.05, 3.63) is 33.8 Å². The van der Waals surface area contributed by atoms with Crippen molar-refractivity contribution in [1.29, 1.82) is 0 Å². The minimum Gasteiger partial charge on any atom is -0.459 e. The van der Waals surface area contributed by atoms with E-state index in [-0.39, 0.29) is 6.41 Å². The van der Waals surface area contributed by atoms with Crippen LogP contribution in [0.4, 0.5) is 4.79 Å². The van der Waals surface area contributed by atoms with E-state index >= 15 is 0 Å². The lowest BCUT2D eigenvalue weighted by Crippen LogP contribution is -2.41. The van der Waals surface area contributed by atoms with Crippen LogP contribution in [0, 0.1) is 0 Å². The standard InChI is InChI=1S/C18H22BrNO5/c1-17(2,3)24-15(22)10-20(11-21)16(23)25-18(4)8-7-12-9-13(19)5-6-14(12)18/h5-6,9,11H,7-8,10H2,1-4H3. The third-order valence-electron chi connectivity index (χ3n) is 3.90. The summed E-state index contributed by atoms with van der Waals surface area (Å²) in [6.07, 6.45) is 0.807. The highest BCUT2D eigenvalue weighted by molar-refractivity contribution is 9.10. The molecule has 1 unspecified atom stereocenters. The summed E-state index contributed by atoms with van der Waals surface area (Å²) in [6, 6.07) is 5.78. The highest BCUT2D eigenvalue weighted by Crippen LogP contribution is 2.41. The molecule has 6 nitrogen and oxygen atoms in total. The molecule has 0 N–H and O–H groups in total. The van der Waals surface area contributed by atoms with Crippen LogP contribution < -0.4 is 0 Å². The molecule has 0 saturated carbocycles. The predicted octanol–water partition coefficient (Wildman–Crippen LogP) is 3.55. The van der Waals surface area contributed by atoms with Crippen LogP contribution in [0.3, 0.4) is 0 Å². The summed E-state index contributed by atoms with van der Waals surface area (Å²) in [4.78, 5) is 36.1. The molecule has 1 atom stereocenters. The topological polar surface area (TPSA) is 72.9 Å². The molecule has 0 bridgehead atoms. The second kappa shape index (κ2) is 7.15. The lowest BCUT2D eigenvalue weighted by Gasteiger charge is -2.28. The maximum atomic E-state index is 12.4. The first-order chi connectivity index (χ1) is 11.5. The summed E-state index contributed by atoms with van der Waals surface area (Å²) in [7, 11) is 0. The van der Waals surface area contributed by atoms with E-state index in [9.17, 15) is 14.4 Å². The van der Waals surface area contributed by atoms with E-state index in [1.807, 2.05) is 18.2 Å². The van der Waals surface area contributed by atoms with Crippen molar-refractivity contribution in [2.45, 2.75) is 51.7 Å². The molecule has 136 valence electrons. The van der Waals surface area contributed by atoms with Crippen molar-refractivity contribution < 1.29 is 23.9 Å². The Morgan fingerprint density at radius 2 is 2.04 bits per heavy atom. The molecule has 2 rings (SSSR count). The minimum atomic E-state index is -0.862. The molecule has 0 aromatic heterocycles. The average Bonchev–Trinajstić information content (AvgIpc) is 2.79. The summed E-state index contributed by atoms with van der Waals surface area (Å²) >= 11 is 3.42. The Morgan fingerprint density at radius 1 is 1.36 bits per heavy atom. The summed E-state index contributed by atoms with van der Waals surface area (Å²) in [6.45, 7) is 6.46. The zero-order valence-electron chi connectivity index (χ0n) is 14.8. The van der Waals surface area contributed by atoms with Crippen molar-refractivity contribution >= 4 is 34.4 Å². The number of amides is 2. The number of esters is 1. The molecule has 0 fully saturated rings. The van der Waals surface area contributed by atoms with Crippen molar-refractivity contribution in [2.75, 3.05) is 6.54 Å². The number of rotatable bonds is 4. The van der Waals surface area contributed by atoms with E-state index in [2.05, 4.69) is 15.9 Å². The van der Waals surface area contributed by atoms with Crippen LogP contribution in [0.2, 0.25) is 0 Å². The molecule has 0 spiro atoms. The van der Waals surface area contributed by atoms with Gasteiger partial charge in [-0.15, -0.1) is 0 Å². The third kappa shape index (κ3) is 4.81. The number of hydrogen-bond acceptors (Lipinski definition) is 5. The molecule has 1 aromatic rings. The van der Waals surface area contributed by atoms with Crippen molar-refractivity contribution in [3.63, 3.8) is 0 Å². The van der Waals surface area contributed by atoms with E-state index in [0.29, 0.717) is 11.3 Å². The van der Waals surface area contributed by atoms with Gasteiger partial charge in [0.25, 0.3) is 0 Å². The number of hydrogen-bond donors (Lipinski definition) is 0. The fraction of sp³-hybridized carbons (Fsp3) is 0.500. The molecule has 1 aliphatic rings. The molecule has 7 heteroatoms. The van der Waals surface area contributed by atoms with Gasteiger partial charge in [-0.2, -0.15) is 0 Å². The molecule has 0 heterocycles. The number of carbonyl (C=O) groups excluding carboxylic acids is 3. The molecule has 0 saturated heterocycles. The van der Waals surface area contributed by atoms with E-state index in [0.717, 1.165) is 22.0 Å². The molecule has 1 aromatic carbocycles. The number of benzene rings is 1. The number of nitrogens with zero attached hydrogens (tertiary/aromatic N) is 1. The lowest BCUT2D eigenvalue weighted by molar-refractivity contribution is -0.157. The third-order valence-corrected chi connectivity index (χ3v) is 4.40. The van der Waals surface area contributed by atoms with Crippen molar-refractivity contribution in [1.82, 2.24) is 4.90 Å². The summed E-state index contributed by atoms with van der Waals surface area (Å²) in [5.74, 6) is -0.669. The van der Waals surface area contributed by atoms with Crippen LogP contribution in [-0.4, -0.2) is 35.5 Å². The van der Waals surface area contributed by atoms with Gasteiger partial charge in [-0.05, 0) is 63.8 Å². The maximum absolute atomic E-state index is 12.4. The number of fused-ring (bicyclic) bond motifs is 1. The normalized spacial score (nSPS) is 19.1.